The zero-order valence-electron chi connectivity index (χ0n) is 8.93. The number of fused-ring (bicyclic) bond motifs is 1. The Kier molecular flexibility index (Phi) is 2.52. The fourth-order valence-corrected chi connectivity index (χ4v) is 2.64. The third kappa shape index (κ3) is 1.57. The topological polar surface area (TPSA) is 43.1 Å². The second kappa shape index (κ2) is 4.01. The molecular weight excluding hydrogens is 224 g/mol. The third-order valence-electron chi connectivity index (χ3n) is 3.28. The van der Waals surface area contributed by atoms with E-state index in [4.69, 9.17) is 11.6 Å². The minimum Gasteiger partial charge on any atom is -0.282 e. The predicted molar refractivity (Wildman–Crippen MR) is 61.6 cm³/mol. The first-order valence-corrected chi connectivity index (χ1v) is 6.09. The van der Waals surface area contributed by atoms with Gasteiger partial charge in [0.1, 0.15) is 5.82 Å². The molecule has 0 spiro atoms. The molecule has 1 aliphatic rings. The van der Waals surface area contributed by atoms with Gasteiger partial charge in [0.25, 0.3) is 0 Å². The van der Waals surface area contributed by atoms with Gasteiger partial charge in [-0.15, -0.1) is 10.2 Å². The molecule has 0 saturated heterocycles. The first kappa shape index (κ1) is 10.0. The second-order valence-corrected chi connectivity index (χ2v) is 4.66. The van der Waals surface area contributed by atoms with Gasteiger partial charge in [0, 0.05) is 18.3 Å². The summed E-state index contributed by atoms with van der Waals surface area (Å²) in [7, 11) is 0. The van der Waals surface area contributed by atoms with Gasteiger partial charge in [0.05, 0.1) is 0 Å². The van der Waals surface area contributed by atoms with Crippen molar-refractivity contribution in [3.8, 4) is 0 Å². The van der Waals surface area contributed by atoms with Crippen LogP contribution < -0.4 is 0 Å². The molecule has 4 nitrogen and oxygen atoms in total. The van der Waals surface area contributed by atoms with Crippen molar-refractivity contribution < 1.29 is 0 Å². The van der Waals surface area contributed by atoms with Crippen molar-refractivity contribution in [2.24, 2.45) is 0 Å². The van der Waals surface area contributed by atoms with Crippen LogP contribution in [0.1, 0.15) is 43.8 Å². The first-order valence-electron chi connectivity index (χ1n) is 5.71. The zero-order chi connectivity index (χ0) is 11.0. The Morgan fingerprint density at radius 3 is 2.81 bits per heavy atom. The van der Waals surface area contributed by atoms with Crippen LogP contribution in [0.25, 0.3) is 5.65 Å². The van der Waals surface area contributed by atoms with Crippen LogP contribution in [-0.4, -0.2) is 19.6 Å². The first-order chi connectivity index (χ1) is 7.86. The minimum absolute atomic E-state index is 0.428. The molecule has 3 rings (SSSR count). The Morgan fingerprint density at radius 2 is 2.00 bits per heavy atom. The molecule has 1 saturated carbocycles. The molecule has 2 aromatic heterocycles. The highest BCUT2D eigenvalue weighted by atomic mass is 35.5. The molecule has 84 valence electrons. The summed E-state index contributed by atoms with van der Waals surface area (Å²) in [4.78, 5) is 4.01. The highest BCUT2D eigenvalue weighted by Gasteiger charge is 2.21. The Balaban J connectivity index is 2.06. The van der Waals surface area contributed by atoms with Crippen LogP contribution in [0.5, 0.6) is 0 Å². The van der Waals surface area contributed by atoms with E-state index in [0.29, 0.717) is 16.7 Å². The molecule has 0 aromatic carbocycles. The molecule has 0 unspecified atom stereocenters. The summed E-state index contributed by atoms with van der Waals surface area (Å²) in [5.41, 5.74) is 0.671. The fraction of sp³-hybridized carbons (Fsp3) is 0.545. The van der Waals surface area contributed by atoms with Crippen molar-refractivity contribution in [2.75, 3.05) is 0 Å². The van der Waals surface area contributed by atoms with Gasteiger partial charge < -0.3 is 0 Å². The normalized spacial score (nSPS) is 18.1. The van der Waals surface area contributed by atoms with Crippen LogP contribution in [0.3, 0.4) is 0 Å². The summed E-state index contributed by atoms with van der Waals surface area (Å²) in [6.45, 7) is 0. The van der Waals surface area contributed by atoms with Crippen molar-refractivity contribution in [2.45, 2.75) is 38.0 Å². The Bertz CT molecular complexity index is 502. The monoisotopic (exact) mass is 236 g/mol. The number of aromatic nitrogens is 4. The molecule has 16 heavy (non-hydrogen) atoms. The molecule has 0 bridgehead atoms. The SMILES string of the molecule is Clc1nccn2c(C3CCCCC3)nnc12. The average molecular weight is 237 g/mol. The molecule has 5 heteroatoms. The van der Waals surface area contributed by atoms with Crippen LogP contribution in [-0.2, 0) is 0 Å². The van der Waals surface area contributed by atoms with Gasteiger partial charge in [0.2, 0.25) is 0 Å². The number of rotatable bonds is 1. The summed E-state index contributed by atoms with van der Waals surface area (Å²) < 4.78 is 1.98. The fourth-order valence-electron chi connectivity index (χ4n) is 2.45. The van der Waals surface area contributed by atoms with E-state index in [0.717, 1.165) is 5.82 Å². The number of nitrogens with zero attached hydrogens (tertiary/aromatic N) is 4. The standard InChI is InChI=1S/C11H13ClN4/c12-9-11-15-14-10(16(11)7-6-13-9)8-4-2-1-3-5-8/h6-8H,1-5H2. The molecule has 1 aliphatic carbocycles. The van der Waals surface area contributed by atoms with Gasteiger partial charge in [-0.05, 0) is 12.8 Å². The lowest BCUT2D eigenvalue weighted by molar-refractivity contribution is 0.426. The number of hydrogen-bond donors (Lipinski definition) is 0. The summed E-state index contributed by atoms with van der Waals surface area (Å²) >= 11 is 5.97. The van der Waals surface area contributed by atoms with Crippen LogP contribution in [0.4, 0.5) is 0 Å². The Labute approximate surface area is 98.7 Å². The Morgan fingerprint density at radius 1 is 1.19 bits per heavy atom. The summed E-state index contributed by atoms with van der Waals surface area (Å²) in [5, 5.41) is 8.81. The van der Waals surface area contributed by atoms with Crippen molar-refractivity contribution in [1.82, 2.24) is 19.6 Å². The van der Waals surface area contributed by atoms with Crippen molar-refractivity contribution in [1.29, 1.82) is 0 Å². The molecular formula is C11H13ClN4. The molecule has 2 aromatic rings. The van der Waals surface area contributed by atoms with E-state index in [-0.39, 0.29) is 0 Å². The lowest BCUT2D eigenvalue weighted by atomic mass is 9.89. The molecule has 0 N–H and O–H groups in total. The van der Waals surface area contributed by atoms with E-state index in [9.17, 15) is 0 Å². The van der Waals surface area contributed by atoms with E-state index in [1.54, 1.807) is 6.20 Å². The second-order valence-electron chi connectivity index (χ2n) is 4.30. The van der Waals surface area contributed by atoms with Crippen LogP contribution in [0, 0.1) is 0 Å². The van der Waals surface area contributed by atoms with Gasteiger partial charge in [-0.2, -0.15) is 0 Å². The van der Waals surface area contributed by atoms with E-state index in [1.807, 2.05) is 10.6 Å². The number of hydrogen-bond acceptors (Lipinski definition) is 3. The van der Waals surface area contributed by atoms with Gasteiger partial charge in [-0.1, -0.05) is 30.9 Å². The summed E-state index contributed by atoms with van der Waals surface area (Å²) in [6.07, 6.45) is 9.93. The van der Waals surface area contributed by atoms with E-state index in [1.165, 1.54) is 32.1 Å². The molecule has 0 aliphatic heterocycles. The quantitative estimate of drug-likeness (QED) is 0.765. The van der Waals surface area contributed by atoms with Crippen LogP contribution in [0.15, 0.2) is 12.4 Å². The van der Waals surface area contributed by atoms with E-state index < -0.39 is 0 Å². The Hall–Kier alpha value is -1.16. The van der Waals surface area contributed by atoms with Gasteiger partial charge in [0.15, 0.2) is 10.8 Å². The molecule has 0 radical (unpaired) electrons. The molecule has 1 fully saturated rings. The summed E-state index contributed by atoms with van der Waals surface area (Å²) in [6, 6.07) is 0. The zero-order valence-corrected chi connectivity index (χ0v) is 9.69. The third-order valence-corrected chi connectivity index (χ3v) is 3.55. The predicted octanol–water partition coefficient (Wildman–Crippen LogP) is 2.83. The van der Waals surface area contributed by atoms with Gasteiger partial charge in [-0.25, -0.2) is 4.98 Å². The summed E-state index contributed by atoms with van der Waals surface area (Å²) in [5.74, 6) is 1.57. The minimum atomic E-state index is 0.428. The maximum absolute atomic E-state index is 5.97. The van der Waals surface area contributed by atoms with Crippen molar-refractivity contribution in [3.05, 3.63) is 23.4 Å². The van der Waals surface area contributed by atoms with Gasteiger partial charge >= 0.3 is 0 Å². The average Bonchev–Trinajstić information content (AvgIpc) is 2.75. The maximum Gasteiger partial charge on any atom is 0.198 e. The maximum atomic E-state index is 5.97. The molecule has 0 amide bonds. The molecule has 0 atom stereocenters. The largest absolute Gasteiger partial charge is 0.282 e. The van der Waals surface area contributed by atoms with Crippen molar-refractivity contribution in [3.63, 3.8) is 0 Å². The van der Waals surface area contributed by atoms with Crippen molar-refractivity contribution >= 4 is 17.2 Å². The lowest BCUT2D eigenvalue weighted by Gasteiger charge is -2.19. The van der Waals surface area contributed by atoms with Gasteiger partial charge in [-0.3, -0.25) is 4.40 Å². The van der Waals surface area contributed by atoms with Crippen LogP contribution in [0.2, 0.25) is 5.15 Å². The highest BCUT2D eigenvalue weighted by Crippen LogP contribution is 2.32. The molecule has 2 heterocycles. The number of halogens is 1. The van der Waals surface area contributed by atoms with E-state index >= 15 is 0 Å². The van der Waals surface area contributed by atoms with Crippen LogP contribution >= 0.6 is 11.6 Å². The van der Waals surface area contributed by atoms with E-state index in [2.05, 4.69) is 15.2 Å². The smallest absolute Gasteiger partial charge is 0.198 e. The highest BCUT2D eigenvalue weighted by molar-refractivity contribution is 6.32. The lowest BCUT2D eigenvalue weighted by Crippen LogP contribution is -2.08.